The van der Waals surface area contributed by atoms with E-state index < -0.39 is 23.9 Å². The summed E-state index contributed by atoms with van der Waals surface area (Å²) in [7, 11) is 0. The second kappa shape index (κ2) is 7.44. The van der Waals surface area contributed by atoms with Crippen LogP contribution < -0.4 is 5.32 Å². The average Bonchev–Trinajstić information content (AvgIpc) is 2.51. The fraction of sp³-hybridized carbons (Fsp3) is 0.235. The molecule has 0 radical (unpaired) electrons. The van der Waals surface area contributed by atoms with Crippen molar-refractivity contribution >= 4 is 17.5 Å². The lowest BCUT2D eigenvalue weighted by Crippen LogP contribution is -2.38. The smallest absolute Gasteiger partial charge is 0.224 e. The van der Waals surface area contributed by atoms with Gasteiger partial charge in [-0.05, 0) is 36.8 Å². The lowest BCUT2D eigenvalue weighted by Gasteiger charge is -2.21. The summed E-state index contributed by atoms with van der Waals surface area (Å²) >= 11 is 5.89. The van der Waals surface area contributed by atoms with Crippen molar-refractivity contribution in [3.05, 3.63) is 64.4 Å². The van der Waals surface area contributed by atoms with Gasteiger partial charge in [-0.3, -0.25) is 4.79 Å². The van der Waals surface area contributed by atoms with Gasteiger partial charge in [0.2, 0.25) is 5.91 Å². The minimum atomic E-state index is -0.948. The van der Waals surface area contributed by atoms with Gasteiger partial charge in [-0.2, -0.15) is 0 Å². The van der Waals surface area contributed by atoms with Gasteiger partial charge in [-0.1, -0.05) is 29.8 Å². The number of hydrogen-bond acceptors (Lipinski definition) is 3. The molecular formula is C17H17ClFNO3. The predicted octanol–water partition coefficient (Wildman–Crippen LogP) is 2.97. The van der Waals surface area contributed by atoms with Crippen LogP contribution >= 0.6 is 11.6 Å². The van der Waals surface area contributed by atoms with E-state index in [4.69, 9.17) is 11.6 Å². The van der Waals surface area contributed by atoms with Gasteiger partial charge >= 0.3 is 0 Å². The molecule has 0 bridgehead atoms. The molecule has 2 aromatic carbocycles. The molecule has 0 aliphatic carbocycles. The van der Waals surface area contributed by atoms with Gasteiger partial charge in [0.15, 0.2) is 0 Å². The van der Waals surface area contributed by atoms with Gasteiger partial charge in [-0.25, -0.2) is 4.39 Å². The van der Waals surface area contributed by atoms with Crippen LogP contribution in [-0.2, 0) is 11.2 Å². The standard InChI is InChI=1S/C17H17ClFNO3/c1-10(17(23)11-5-7-12(21)8-6-11)20-16(22)9-13-14(18)3-2-4-15(13)19/h2-8,10,17,21,23H,9H2,1H3,(H,20,22)/t10-,17+/m0/s1. The largest absolute Gasteiger partial charge is 0.508 e. The van der Waals surface area contributed by atoms with E-state index in [1.807, 2.05) is 0 Å². The number of amides is 1. The van der Waals surface area contributed by atoms with Crippen molar-refractivity contribution in [3.8, 4) is 5.75 Å². The molecule has 0 aromatic heterocycles. The number of benzene rings is 2. The number of nitrogens with one attached hydrogen (secondary N) is 1. The highest BCUT2D eigenvalue weighted by Gasteiger charge is 2.20. The Bertz CT molecular complexity index is 670. The van der Waals surface area contributed by atoms with E-state index in [0.29, 0.717) is 5.56 Å². The summed E-state index contributed by atoms with van der Waals surface area (Å²) in [5.41, 5.74) is 0.678. The van der Waals surface area contributed by atoms with Gasteiger partial charge in [0.25, 0.3) is 0 Å². The molecule has 0 spiro atoms. The highest BCUT2D eigenvalue weighted by Crippen LogP contribution is 2.21. The van der Waals surface area contributed by atoms with Crippen LogP contribution in [0.4, 0.5) is 4.39 Å². The van der Waals surface area contributed by atoms with E-state index in [2.05, 4.69) is 5.32 Å². The quantitative estimate of drug-likeness (QED) is 0.785. The van der Waals surface area contributed by atoms with Crippen molar-refractivity contribution in [2.45, 2.75) is 25.5 Å². The van der Waals surface area contributed by atoms with Crippen LogP contribution in [0.25, 0.3) is 0 Å². The van der Waals surface area contributed by atoms with Gasteiger partial charge in [0.05, 0.1) is 18.6 Å². The summed E-state index contributed by atoms with van der Waals surface area (Å²) in [4.78, 5) is 12.0. The molecule has 2 aromatic rings. The van der Waals surface area contributed by atoms with Crippen molar-refractivity contribution in [1.29, 1.82) is 0 Å². The Labute approximate surface area is 138 Å². The van der Waals surface area contributed by atoms with Crippen LogP contribution in [0.15, 0.2) is 42.5 Å². The monoisotopic (exact) mass is 337 g/mol. The molecule has 23 heavy (non-hydrogen) atoms. The minimum Gasteiger partial charge on any atom is -0.508 e. The van der Waals surface area contributed by atoms with Gasteiger partial charge in [0.1, 0.15) is 11.6 Å². The third-order valence-corrected chi connectivity index (χ3v) is 3.85. The highest BCUT2D eigenvalue weighted by atomic mass is 35.5. The zero-order chi connectivity index (χ0) is 17.0. The molecule has 122 valence electrons. The molecule has 1 amide bonds. The Morgan fingerprint density at radius 3 is 2.52 bits per heavy atom. The number of phenolic OH excluding ortho intramolecular Hbond substituents is 1. The summed E-state index contributed by atoms with van der Waals surface area (Å²) in [6.07, 6.45) is -1.16. The third-order valence-electron chi connectivity index (χ3n) is 3.50. The SMILES string of the molecule is C[C@H](NC(=O)Cc1c(F)cccc1Cl)[C@@H](O)c1ccc(O)cc1. The zero-order valence-electron chi connectivity index (χ0n) is 12.5. The highest BCUT2D eigenvalue weighted by molar-refractivity contribution is 6.31. The third kappa shape index (κ3) is 4.43. The number of aliphatic hydroxyl groups excluding tert-OH is 1. The summed E-state index contributed by atoms with van der Waals surface area (Å²) in [5.74, 6) is -0.895. The van der Waals surface area contributed by atoms with Crippen molar-refractivity contribution in [3.63, 3.8) is 0 Å². The van der Waals surface area contributed by atoms with E-state index in [-0.39, 0.29) is 22.8 Å². The Hall–Kier alpha value is -2.11. The fourth-order valence-corrected chi connectivity index (χ4v) is 2.44. The first-order valence-electron chi connectivity index (χ1n) is 7.07. The molecule has 0 fully saturated rings. The molecule has 0 heterocycles. The number of phenols is 1. The lowest BCUT2D eigenvalue weighted by atomic mass is 10.0. The maximum absolute atomic E-state index is 13.7. The fourth-order valence-electron chi connectivity index (χ4n) is 2.21. The maximum atomic E-state index is 13.7. The van der Waals surface area contributed by atoms with Gasteiger partial charge in [0, 0.05) is 10.6 Å². The van der Waals surface area contributed by atoms with E-state index in [0.717, 1.165) is 0 Å². The Morgan fingerprint density at radius 2 is 1.91 bits per heavy atom. The van der Waals surface area contributed by atoms with E-state index >= 15 is 0 Å². The first-order chi connectivity index (χ1) is 10.9. The normalized spacial score (nSPS) is 13.4. The Kier molecular flexibility index (Phi) is 5.58. The summed E-state index contributed by atoms with van der Waals surface area (Å²) < 4.78 is 13.7. The summed E-state index contributed by atoms with van der Waals surface area (Å²) in [6, 6.07) is 9.67. The van der Waals surface area contributed by atoms with Crippen LogP contribution in [-0.4, -0.2) is 22.2 Å². The number of aliphatic hydroxyl groups is 1. The van der Waals surface area contributed by atoms with Crippen LogP contribution in [0.3, 0.4) is 0 Å². The topological polar surface area (TPSA) is 69.6 Å². The van der Waals surface area contributed by atoms with E-state index in [1.54, 1.807) is 19.1 Å². The predicted molar refractivity (Wildman–Crippen MR) is 85.8 cm³/mol. The van der Waals surface area contributed by atoms with Crippen molar-refractivity contribution in [1.82, 2.24) is 5.32 Å². The zero-order valence-corrected chi connectivity index (χ0v) is 13.2. The van der Waals surface area contributed by atoms with Crippen LogP contribution in [0.2, 0.25) is 5.02 Å². The van der Waals surface area contributed by atoms with E-state index in [9.17, 15) is 19.4 Å². The molecule has 3 N–H and O–H groups in total. The second-order valence-corrected chi connectivity index (χ2v) is 5.68. The molecule has 2 atom stereocenters. The molecule has 0 aliphatic rings. The molecule has 4 nitrogen and oxygen atoms in total. The number of carbonyl (C=O) groups is 1. The number of aromatic hydroxyl groups is 1. The van der Waals surface area contributed by atoms with Crippen LogP contribution in [0.5, 0.6) is 5.75 Å². The van der Waals surface area contributed by atoms with Crippen molar-refractivity contribution in [2.24, 2.45) is 0 Å². The Balaban J connectivity index is 2.00. The Morgan fingerprint density at radius 1 is 1.26 bits per heavy atom. The molecule has 0 aliphatic heterocycles. The average molecular weight is 338 g/mol. The summed E-state index contributed by atoms with van der Waals surface area (Å²) in [6.45, 7) is 1.64. The molecule has 0 saturated heterocycles. The number of halogens is 2. The summed E-state index contributed by atoms with van der Waals surface area (Å²) in [5, 5.41) is 22.3. The van der Waals surface area contributed by atoms with Crippen LogP contribution in [0.1, 0.15) is 24.2 Å². The van der Waals surface area contributed by atoms with Crippen LogP contribution in [0, 0.1) is 5.82 Å². The molecule has 2 rings (SSSR count). The van der Waals surface area contributed by atoms with Gasteiger partial charge < -0.3 is 15.5 Å². The molecular weight excluding hydrogens is 321 g/mol. The molecule has 0 unspecified atom stereocenters. The second-order valence-electron chi connectivity index (χ2n) is 5.27. The van der Waals surface area contributed by atoms with Crippen molar-refractivity contribution in [2.75, 3.05) is 0 Å². The number of carbonyl (C=O) groups excluding carboxylic acids is 1. The first kappa shape index (κ1) is 17.2. The maximum Gasteiger partial charge on any atom is 0.224 e. The molecule has 6 heteroatoms. The van der Waals surface area contributed by atoms with Crippen molar-refractivity contribution < 1.29 is 19.4 Å². The number of hydrogen-bond donors (Lipinski definition) is 3. The lowest BCUT2D eigenvalue weighted by molar-refractivity contribution is -0.121. The molecule has 0 saturated carbocycles. The number of rotatable bonds is 5. The van der Waals surface area contributed by atoms with Gasteiger partial charge in [-0.15, -0.1) is 0 Å². The van der Waals surface area contributed by atoms with E-state index in [1.165, 1.54) is 30.3 Å². The minimum absolute atomic E-state index is 0.0897. The first-order valence-corrected chi connectivity index (χ1v) is 7.45.